The average Bonchev–Trinajstić information content (AvgIpc) is 2.69. The second kappa shape index (κ2) is 4.67. The molecular weight excluding hydrogens is 226 g/mol. The van der Waals surface area contributed by atoms with Gasteiger partial charge in [0.05, 0.1) is 6.61 Å². The highest BCUT2D eigenvalue weighted by Gasteiger charge is 2.49. The second-order valence-electron chi connectivity index (χ2n) is 2.80. The fourth-order valence-electron chi connectivity index (χ4n) is 0.979. The van der Waals surface area contributed by atoms with E-state index in [9.17, 15) is 18.7 Å². The molecule has 3 nitrogen and oxygen atoms in total. The van der Waals surface area contributed by atoms with Gasteiger partial charge in [0.15, 0.2) is 6.10 Å². The number of hydrogen-bond donors (Lipinski definition) is 1. The van der Waals surface area contributed by atoms with Crippen molar-refractivity contribution >= 4 is 17.3 Å². The number of rotatable bonds is 4. The molecule has 0 aliphatic rings. The van der Waals surface area contributed by atoms with Gasteiger partial charge in [-0.15, -0.1) is 0 Å². The molecule has 0 spiro atoms. The number of aliphatic hydroxyl groups is 1. The molecule has 0 unspecified atom stereocenters. The van der Waals surface area contributed by atoms with Crippen LogP contribution in [-0.2, 0) is 9.53 Å². The maximum atomic E-state index is 13.2. The maximum Gasteiger partial charge on any atom is 0.380 e. The predicted octanol–water partition coefficient (Wildman–Crippen LogP) is 1.98. The van der Waals surface area contributed by atoms with Gasteiger partial charge in [0.1, 0.15) is 0 Å². The van der Waals surface area contributed by atoms with E-state index in [0.717, 1.165) is 11.3 Å². The molecule has 1 rings (SSSR count). The van der Waals surface area contributed by atoms with Crippen LogP contribution in [-0.4, -0.2) is 23.6 Å². The molecule has 0 amide bonds. The fraction of sp³-hybridized carbons (Fsp3) is 0.444. The number of ether oxygens (including phenoxy) is 1. The summed E-state index contributed by atoms with van der Waals surface area (Å²) in [7, 11) is 0. The zero-order valence-corrected chi connectivity index (χ0v) is 8.76. The summed E-state index contributed by atoms with van der Waals surface area (Å²) < 4.78 is 30.7. The number of aliphatic hydroxyl groups excluding tert-OH is 1. The van der Waals surface area contributed by atoms with Gasteiger partial charge in [-0.05, 0) is 29.3 Å². The SMILES string of the molecule is CCOC(=O)C(F)(F)[C@@H](O)c1ccsc1. The van der Waals surface area contributed by atoms with Crippen molar-refractivity contribution in [1.29, 1.82) is 0 Å². The normalized spacial score (nSPS) is 13.6. The van der Waals surface area contributed by atoms with Crippen LogP contribution in [0.4, 0.5) is 8.78 Å². The number of hydrogen-bond acceptors (Lipinski definition) is 4. The first-order valence-corrected chi connectivity index (χ1v) is 5.19. The summed E-state index contributed by atoms with van der Waals surface area (Å²) in [5.74, 6) is -5.61. The van der Waals surface area contributed by atoms with Crippen molar-refractivity contribution < 1.29 is 23.4 Å². The van der Waals surface area contributed by atoms with Crippen molar-refractivity contribution in [3.05, 3.63) is 22.4 Å². The fourth-order valence-corrected chi connectivity index (χ4v) is 1.66. The van der Waals surface area contributed by atoms with Crippen LogP contribution < -0.4 is 0 Å². The molecule has 0 saturated carbocycles. The Bertz CT molecular complexity index is 324. The van der Waals surface area contributed by atoms with Crippen LogP contribution in [0, 0.1) is 0 Å². The van der Waals surface area contributed by atoms with Crippen LogP contribution in [0.5, 0.6) is 0 Å². The number of carbonyl (C=O) groups excluding carboxylic acids is 1. The summed E-state index contributed by atoms with van der Waals surface area (Å²) in [5, 5.41) is 12.2. The third-order valence-corrected chi connectivity index (χ3v) is 2.45. The van der Waals surface area contributed by atoms with E-state index in [2.05, 4.69) is 4.74 Å². The third kappa shape index (κ3) is 2.51. The van der Waals surface area contributed by atoms with E-state index in [1.54, 1.807) is 5.38 Å². The molecule has 0 bridgehead atoms. The summed E-state index contributed by atoms with van der Waals surface area (Å²) in [6, 6.07) is 1.34. The summed E-state index contributed by atoms with van der Waals surface area (Å²) in [6.45, 7) is 1.27. The summed E-state index contributed by atoms with van der Waals surface area (Å²) >= 11 is 1.16. The van der Waals surface area contributed by atoms with Crippen molar-refractivity contribution in [3.63, 3.8) is 0 Å². The maximum absolute atomic E-state index is 13.2. The van der Waals surface area contributed by atoms with Crippen molar-refractivity contribution in [1.82, 2.24) is 0 Å². The lowest BCUT2D eigenvalue weighted by atomic mass is 10.1. The molecule has 0 radical (unpaired) electrons. The minimum absolute atomic E-state index is 0.0121. The Morgan fingerprint density at radius 2 is 2.40 bits per heavy atom. The molecule has 1 aromatic rings. The highest BCUT2D eigenvalue weighted by atomic mass is 32.1. The van der Waals surface area contributed by atoms with Crippen LogP contribution in [0.2, 0.25) is 0 Å². The monoisotopic (exact) mass is 236 g/mol. The van der Waals surface area contributed by atoms with Crippen LogP contribution in [0.15, 0.2) is 16.8 Å². The van der Waals surface area contributed by atoms with Gasteiger partial charge in [-0.25, -0.2) is 4.79 Å². The van der Waals surface area contributed by atoms with E-state index < -0.39 is 18.0 Å². The molecule has 0 aliphatic carbocycles. The van der Waals surface area contributed by atoms with Gasteiger partial charge in [-0.1, -0.05) is 0 Å². The average molecular weight is 236 g/mol. The minimum atomic E-state index is -3.91. The van der Waals surface area contributed by atoms with Crippen molar-refractivity contribution in [2.45, 2.75) is 19.0 Å². The molecule has 1 heterocycles. The zero-order valence-electron chi connectivity index (χ0n) is 7.94. The molecule has 6 heteroatoms. The Morgan fingerprint density at radius 3 is 2.87 bits per heavy atom. The Balaban J connectivity index is 2.81. The lowest BCUT2D eigenvalue weighted by molar-refractivity contribution is -0.189. The van der Waals surface area contributed by atoms with E-state index >= 15 is 0 Å². The minimum Gasteiger partial charge on any atom is -0.461 e. The van der Waals surface area contributed by atoms with Gasteiger partial charge >= 0.3 is 11.9 Å². The molecule has 0 fully saturated rings. The van der Waals surface area contributed by atoms with E-state index in [-0.39, 0.29) is 12.2 Å². The van der Waals surface area contributed by atoms with E-state index in [1.807, 2.05) is 0 Å². The predicted molar refractivity (Wildman–Crippen MR) is 50.9 cm³/mol. The Morgan fingerprint density at radius 1 is 1.73 bits per heavy atom. The smallest absolute Gasteiger partial charge is 0.380 e. The standard InChI is InChI=1S/C9H10F2O3S/c1-2-14-8(13)9(10,11)7(12)6-3-4-15-5-6/h3-5,7,12H,2H2,1H3/t7-/m0/s1. The van der Waals surface area contributed by atoms with Crippen molar-refractivity contribution in [3.8, 4) is 0 Å². The number of halogens is 2. The number of alkyl halides is 2. The molecular formula is C9H10F2O3S. The van der Waals surface area contributed by atoms with E-state index in [1.165, 1.54) is 18.4 Å². The molecule has 0 aliphatic heterocycles. The van der Waals surface area contributed by atoms with Crippen molar-refractivity contribution in [2.75, 3.05) is 6.61 Å². The van der Waals surface area contributed by atoms with Crippen LogP contribution in [0.3, 0.4) is 0 Å². The Labute approximate surface area is 89.3 Å². The molecule has 1 N–H and O–H groups in total. The molecule has 0 aromatic carbocycles. The largest absolute Gasteiger partial charge is 0.461 e. The van der Waals surface area contributed by atoms with Crippen LogP contribution >= 0.6 is 11.3 Å². The summed E-state index contributed by atoms with van der Waals surface area (Å²) in [5.41, 5.74) is 0.0121. The zero-order chi connectivity index (χ0) is 11.5. The number of carbonyl (C=O) groups is 1. The van der Waals surface area contributed by atoms with Gasteiger partial charge in [-0.3, -0.25) is 0 Å². The molecule has 84 valence electrons. The molecule has 0 saturated heterocycles. The first kappa shape index (κ1) is 12.1. The highest BCUT2D eigenvalue weighted by Crippen LogP contribution is 2.33. The number of thiophene rings is 1. The molecule has 1 aromatic heterocycles. The second-order valence-corrected chi connectivity index (χ2v) is 3.58. The van der Waals surface area contributed by atoms with Gasteiger partial charge in [0.2, 0.25) is 0 Å². The van der Waals surface area contributed by atoms with Crippen LogP contribution in [0.1, 0.15) is 18.6 Å². The summed E-state index contributed by atoms with van der Waals surface area (Å²) in [4.78, 5) is 10.9. The van der Waals surface area contributed by atoms with Gasteiger partial charge < -0.3 is 9.84 Å². The quantitative estimate of drug-likeness (QED) is 0.813. The van der Waals surface area contributed by atoms with Crippen molar-refractivity contribution in [2.24, 2.45) is 0 Å². The van der Waals surface area contributed by atoms with E-state index in [0.29, 0.717) is 0 Å². The molecule has 15 heavy (non-hydrogen) atoms. The first-order chi connectivity index (χ1) is 7.00. The number of esters is 1. The molecule has 1 atom stereocenters. The summed E-state index contributed by atoms with van der Waals surface area (Å²) in [6.07, 6.45) is -2.15. The van der Waals surface area contributed by atoms with Gasteiger partial charge in [0, 0.05) is 0 Å². The van der Waals surface area contributed by atoms with Gasteiger partial charge in [-0.2, -0.15) is 20.1 Å². The Kier molecular flexibility index (Phi) is 3.76. The Hall–Kier alpha value is -1.01. The first-order valence-electron chi connectivity index (χ1n) is 4.25. The van der Waals surface area contributed by atoms with E-state index in [4.69, 9.17) is 0 Å². The van der Waals surface area contributed by atoms with Crippen LogP contribution in [0.25, 0.3) is 0 Å². The lowest BCUT2D eigenvalue weighted by Gasteiger charge is -2.19. The topological polar surface area (TPSA) is 46.5 Å². The lowest BCUT2D eigenvalue weighted by Crippen LogP contribution is -2.37. The third-order valence-electron chi connectivity index (χ3n) is 1.75. The highest BCUT2D eigenvalue weighted by molar-refractivity contribution is 7.07. The van der Waals surface area contributed by atoms with Gasteiger partial charge in [0.25, 0.3) is 0 Å².